The number of rotatable bonds is 10. The number of hydrogen-bond acceptors (Lipinski definition) is 4. The lowest BCUT2D eigenvalue weighted by molar-refractivity contribution is -0.123. The van der Waals surface area contributed by atoms with E-state index >= 15 is 0 Å². The van der Waals surface area contributed by atoms with Gasteiger partial charge in [0.1, 0.15) is 0 Å². The van der Waals surface area contributed by atoms with Gasteiger partial charge in [-0.3, -0.25) is 19.4 Å². The molecule has 2 N–H and O–H groups in total. The summed E-state index contributed by atoms with van der Waals surface area (Å²) in [6.45, 7) is 13.0. The zero-order valence-electron chi connectivity index (χ0n) is 18.7. The van der Waals surface area contributed by atoms with Crippen molar-refractivity contribution in [2.45, 2.75) is 59.7 Å². The first-order chi connectivity index (χ1) is 13.0. The summed E-state index contributed by atoms with van der Waals surface area (Å²) >= 11 is 0. The highest BCUT2D eigenvalue weighted by Crippen LogP contribution is 2.28. The van der Waals surface area contributed by atoms with Crippen LogP contribution in [0.1, 0.15) is 53.1 Å². The fourth-order valence-corrected chi connectivity index (χ4v) is 2.71. The highest BCUT2D eigenvalue weighted by Gasteiger charge is 2.23. The maximum Gasteiger partial charge on any atom is 0.238 e. The van der Waals surface area contributed by atoms with Crippen molar-refractivity contribution in [2.24, 2.45) is 5.92 Å². The summed E-state index contributed by atoms with van der Waals surface area (Å²) in [6, 6.07) is 8.12. The monoisotopic (exact) mass is 390 g/mol. The Morgan fingerprint density at radius 1 is 0.857 bits per heavy atom. The number of carbonyl (C=O) groups excluding carboxylic acids is 2. The van der Waals surface area contributed by atoms with Crippen LogP contribution in [0, 0.1) is 5.92 Å². The first-order valence-corrected chi connectivity index (χ1v) is 10.1. The van der Waals surface area contributed by atoms with Gasteiger partial charge in [-0.2, -0.15) is 0 Å². The number of nitrogens with zero attached hydrogens (tertiary/aromatic N) is 2. The summed E-state index contributed by atoms with van der Waals surface area (Å²) in [6.07, 6.45) is 0. The van der Waals surface area contributed by atoms with E-state index in [4.69, 9.17) is 0 Å². The molecule has 6 nitrogen and oxygen atoms in total. The van der Waals surface area contributed by atoms with Gasteiger partial charge in [-0.05, 0) is 59.3 Å². The van der Waals surface area contributed by atoms with Crippen LogP contribution in [0.15, 0.2) is 24.3 Å². The SMILES string of the molecule is CC(C)C(NC(=O)CN(C)C(C)C)c1ccccc1NC(=O)CN(C)C(C)C. The zero-order chi connectivity index (χ0) is 21.4. The van der Waals surface area contributed by atoms with Crippen LogP contribution in [-0.4, -0.2) is 60.9 Å². The third-order valence-corrected chi connectivity index (χ3v) is 5.10. The molecule has 0 spiro atoms. The first kappa shape index (κ1) is 24.1. The van der Waals surface area contributed by atoms with Crippen molar-refractivity contribution in [1.29, 1.82) is 0 Å². The minimum atomic E-state index is -0.174. The Morgan fingerprint density at radius 3 is 1.86 bits per heavy atom. The predicted octanol–water partition coefficient (Wildman–Crippen LogP) is 3.12. The molecule has 0 heterocycles. The van der Waals surface area contributed by atoms with Crippen molar-refractivity contribution >= 4 is 17.5 Å². The quantitative estimate of drug-likeness (QED) is 0.644. The number of hydrogen-bond donors (Lipinski definition) is 2. The molecule has 28 heavy (non-hydrogen) atoms. The molecule has 1 aromatic carbocycles. The summed E-state index contributed by atoms with van der Waals surface area (Å²) in [4.78, 5) is 29.0. The van der Waals surface area contributed by atoms with E-state index in [1.54, 1.807) is 0 Å². The highest BCUT2D eigenvalue weighted by molar-refractivity contribution is 5.93. The highest BCUT2D eigenvalue weighted by atomic mass is 16.2. The topological polar surface area (TPSA) is 64.7 Å². The lowest BCUT2D eigenvalue weighted by atomic mass is 9.94. The third-order valence-electron chi connectivity index (χ3n) is 5.10. The molecule has 6 heteroatoms. The van der Waals surface area contributed by atoms with E-state index < -0.39 is 0 Å². The Labute approximate surface area is 170 Å². The second-order valence-corrected chi connectivity index (χ2v) is 8.44. The van der Waals surface area contributed by atoms with Gasteiger partial charge in [-0.15, -0.1) is 0 Å². The van der Waals surface area contributed by atoms with E-state index in [2.05, 4.69) is 52.2 Å². The number of para-hydroxylation sites is 1. The molecular weight excluding hydrogens is 352 g/mol. The second-order valence-electron chi connectivity index (χ2n) is 8.44. The Balaban J connectivity index is 2.95. The van der Waals surface area contributed by atoms with Crippen LogP contribution >= 0.6 is 0 Å². The van der Waals surface area contributed by atoms with Gasteiger partial charge in [0, 0.05) is 17.8 Å². The number of amides is 2. The second kappa shape index (κ2) is 11.2. The molecule has 0 saturated heterocycles. The van der Waals surface area contributed by atoms with Crippen molar-refractivity contribution in [3.8, 4) is 0 Å². The fraction of sp³-hybridized carbons (Fsp3) is 0.636. The van der Waals surface area contributed by atoms with Crippen LogP contribution in [0.3, 0.4) is 0 Å². The summed E-state index contributed by atoms with van der Waals surface area (Å²) in [7, 11) is 3.87. The van der Waals surface area contributed by atoms with E-state index in [-0.39, 0.29) is 23.8 Å². The van der Waals surface area contributed by atoms with Gasteiger partial charge in [-0.1, -0.05) is 32.0 Å². The van der Waals surface area contributed by atoms with Crippen LogP contribution in [0.4, 0.5) is 5.69 Å². The number of nitrogens with one attached hydrogen (secondary N) is 2. The molecule has 1 aromatic rings. The molecular formula is C22H38N4O2. The molecule has 1 atom stereocenters. The Morgan fingerprint density at radius 2 is 1.36 bits per heavy atom. The summed E-state index contributed by atoms with van der Waals surface area (Å²) in [5.41, 5.74) is 1.68. The van der Waals surface area contributed by atoms with Crippen LogP contribution in [0.25, 0.3) is 0 Å². The summed E-state index contributed by atoms with van der Waals surface area (Å²) in [5, 5.41) is 6.17. The van der Waals surface area contributed by atoms with E-state index in [0.29, 0.717) is 25.2 Å². The van der Waals surface area contributed by atoms with E-state index in [1.807, 2.05) is 48.2 Å². The van der Waals surface area contributed by atoms with Crippen molar-refractivity contribution in [3.63, 3.8) is 0 Å². The van der Waals surface area contributed by atoms with Crippen LogP contribution in [0.2, 0.25) is 0 Å². The Hall–Kier alpha value is -1.92. The number of anilines is 1. The van der Waals surface area contributed by atoms with E-state index in [9.17, 15) is 9.59 Å². The van der Waals surface area contributed by atoms with E-state index in [0.717, 1.165) is 11.3 Å². The van der Waals surface area contributed by atoms with E-state index in [1.165, 1.54) is 0 Å². The summed E-state index contributed by atoms with van der Waals surface area (Å²) < 4.78 is 0. The van der Waals surface area contributed by atoms with Crippen molar-refractivity contribution < 1.29 is 9.59 Å². The molecule has 0 saturated carbocycles. The third kappa shape index (κ3) is 7.60. The molecule has 0 aliphatic rings. The Kier molecular flexibility index (Phi) is 9.62. The number of likely N-dealkylation sites (N-methyl/N-ethyl adjacent to an activating group) is 2. The minimum absolute atomic E-state index is 0.0180. The molecule has 0 aromatic heterocycles. The summed E-state index contributed by atoms with van der Waals surface area (Å²) in [5.74, 6) is 0.109. The molecule has 0 fully saturated rings. The maximum absolute atomic E-state index is 12.6. The van der Waals surface area contributed by atoms with Gasteiger partial charge in [0.2, 0.25) is 11.8 Å². The van der Waals surface area contributed by atoms with Gasteiger partial charge in [-0.25, -0.2) is 0 Å². The fourth-order valence-electron chi connectivity index (χ4n) is 2.71. The van der Waals surface area contributed by atoms with Crippen LogP contribution in [-0.2, 0) is 9.59 Å². The largest absolute Gasteiger partial charge is 0.348 e. The Bertz CT molecular complexity index is 643. The maximum atomic E-state index is 12.6. The molecule has 1 unspecified atom stereocenters. The average molecular weight is 391 g/mol. The molecule has 0 aliphatic heterocycles. The predicted molar refractivity (Wildman–Crippen MR) is 116 cm³/mol. The number of benzene rings is 1. The smallest absolute Gasteiger partial charge is 0.238 e. The average Bonchev–Trinajstić information content (AvgIpc) is 2.59. The standard InChI is InChI=1S/C22H38N4O2/c1-15(2)22(24-21(28)14-26(8)17(5)6)18-11-9-10-12-19(18)23-20(27)13-25(7)16(3)4/h9-12,15-17,22H,13-14H2,1-8H3,(H,23,27)(H,24,28). The first-order valence-electron chi connectivity index (χ1n) is 10.1. The van der Waals surface area contributed by atoms with Crippen LogP contribution < -0.4 is 10.6 Å². The normalized spacial score (nSPS) is 12.9. The lowest BCUT2D eigenvalue weighted by Gasteiger charge is -2.28. The minimum Gasteiger partial charge on any atom is -0.348 e. The van der Waals surface area contributed by atoms with Gasteiger partial charge in [0.05, 0.1) is 19.1 Å². The van der Waals surface area contributed by atoms with Gasteiger partial charge in [0.15, 0.2) is 0 Å². The zero-order valence-corrected chi connectivity index (χ0v) is 18.7. The van der Waals surface area contributed by atoms with Crippen molar-refractivity contribution in [3.05, 3.63) is 29.8 Å². The molecule has 0 bridgehead atoms. The number of carbonyl (C=O) groups is 2. The molecule has 0 radical (unpaired) electrons. The van der Waals surface area contributed by atoms with Crippen molar-refractivity contribution in [1.82, 2.24) is 15.1 Å². The lowest BCUT2D eigenvalue weighted by Crippen LogP contribution is -2.41. The van der Waals surface area contributed by atoms with Crippen molar-refractivity contribution in [2.75, 3.05) is 32.5 Å². The molecule has 158 valence electrons. The van der Waals surface area contributed by atoms with Gasteiger partial charge < -0.3 is 10.6 Å². The van der Waals surface area contributed by atoms with Gasteiger partial charge in [0.25, 0.3) is 0 Å². The molecule has 2 amide bonds. The van der Waals surface area contributed by atoms with Gasteiger partial charge >= 0.3 is 0 Å². The molecule has 0 aliphatic carbocycles. The van der Waals surface area contributed by atoms with Crippen LogP contribution in [0.5, 0.6) is 0 Å². The molecule has 1 rings (SSSR count).